The van der Waals surface area contributed by atoms with E-state index in [1.807, 2.05) is 6.07 Å². The third kappa shape index (κ3) is 4.13. The van der Waals surface area contributed by atoms with Crippen molar-refractivity contribution in [2.24, 2.45) is 5.14 Å². The first kappa shape index (κ1) is 16.2. The molecule has 1 atom stereocenters. The van der Waals surface area contributed by atoms with Crippen molar-refractivity contribution in [3.63, 3.8) is 0 Å². The van der Waals surface area contributed by atoms with Crippen molar-refractivity contribution in [1.82, 2.24) is 5.32 Å². The molecule has 0 spiro atoms. The van der Waals surface area contributed by atoms with E-state index in [4.69, 9.17) is 5.14 Å². The predicted octanol–water partition coefficient (Wildman–Crippen LogP) is 2.65. The van der Waals surface area contributed by atoms with Gasteiger partial charge in [0.1, 0.15) is 4.21 Å². The van der Waals surface area contributed by atoms with Crippen LogP contribution in [-0.4, -0.2) is 14.3 Å². The molecular weight excluding hydrogens is 376 g/mol. The number of carbonyl (C=O) groups excluding carboxylic acids is 1. The number of thiophene rings is 1. The molecule has 1 amide bonds. The van der Waals surface area contributed by atoms with Crippen molar-refractivity contribution in [2.75, 3.05) is 0 Å². The number of sulfonamides is 1. The molecule has 21 heavy (non-hydrogen) atoms. The second kappa shape index (κ2) is 6.27. The number of rotatable bonds is 4. The Morgan fingerprint density at radius 1 is 1.33 bits per heavy atom. The summed E-state index contributed by atoms with van der Waals surface area (Å²) in [7, 11) is -3.70. The van der Waals surface area contributed by atoms with Crippen molar-refractivity contribution in [1.29, 1.82) is 0 Å². The van der Waals surface area contributed by atoms with Crippen LogP contribution in [0.25, 0.3) is 0 Å². The molecular formula is C13H13BrN2O3S2. The molecule has 1 aromatic heterocycles. The van der Waals surface area contributed by atoms with Gasteiger partial charge in [-0.2, -0.15) is 0 Å². The van der Waals surface area contributed by atoms with Gasteiger partial charge in [0.25, 0.3) is 5.91 Å². The number of primary sulfonamides is 1. The number of amides is 1. The van der Waals surface area contributed by atoms with Gasteiger partial charge in [0, 0.05) is 14.9 Å². The van der Waals surface area contributed by atoms with Crippen LogP contribution < -0.4 is 10.5 Å². The summed E-state index contributed by atoms with van der Waals surface area (Å²) in [4.78, 5) is 12.8. The zero-order chi connectivity index (χ0) is 15.6. The highest BCUT2D eigenvalue weighted by atomic mass is 79.9. The molecule has 0 fully saturated rings. The molecule has 0 saturated carbocycles. The maximum absolute atomic E-state index is 12.1. The highest BCUT2D eigenvalue weighted by molar-refractivity contribution is 9.10. The zero-order valence-electron chi connectivity index (χ0n) is 11.0. The van der Waals surface area contributed by atoms with Gasteiger partial charge < -0.3 is 5.32 Å². The lowest BCUT2D eigenvalue weighted by Gasteiger charge is -2.12. The Hall–Kier alpha value is -1.22. The fourth-order valence-electron chi connectivity index (χ4n) is 1.70. The molecule has 0 aliphatic carbocycles. The SMILES string of the molecule is CC(NC(=O)c1cccc(Br)c1)c1ccc(S(N)(=O)=O)s1. The van der Waals surface area contributed by atoms with Crippen LogP contribution in [0.3, 0.4) is 0 Å². The van der Waals surface area contributed by atoms with E-state index in [2.05, 4.69) is 21.2 Å². The van der Waals surface area contributed by atoms with Gasteiger partial charge in [0.15, 0.2) is 0 Å². The summed E-state index contributed by atoms with van der Waals surface area (Å²) >= 11 is 4.36. The molecule has 112 valence electrons. The van der Waals surface area contributed by atoms with Crippen LogP contribution in [0.1, 0.15) is 28.2 Å². The summed E-state index contributed by atoms with van der Waals surface area (Å²) in [5.74, 6) is -0.227. The highest BCUT2D eigenvalue weighted by Gasteiger charge is 2.17. The van der Waals surface area contributed by atoms with Gasteiger partial charge in [-0.15, -0.1) is 11.3 Å². The quantitative estimate of drug-likeness (QED) is 0.843. The predicted molar refractivity (Wildman–Crippen MR) is 85.7 cm³/mol. The molecule has 2 aromatic rings. The second-order valence-corrected chi connectivity index (χ2v) is 8.23. The number of nitrogens with two attached hydrogens (primary N) is 1. The standard InChI is InChI=1S/C13H13BrN2O3S2/c1-8(11-5-6-12(20-11)21(15,18)19)16-13(17)9-3-2-4-10(14)7-9/h2-8H,1H3,(H,16,17)(H2,15,18,19). The number of hydrogen-bond donors (Lipinski definition) is 2. The summed E-state index contributed by atoms with van der Waals surface area (Å²) in [5, 5.41) is 7.89. The second-order valence-electron chi connectivity index (χ2n) is 4.41. The smallest absolute Gasteiger partial charge is 0.251 e. The number of nitrogens with one attached hydrogen (secondary N) is 1. The molecule has 1 heterocycles. The van der Waals surface area contributed by atoms with Crippen LogP contribution in [0.2, 0.25) is 0 Å². The first-order valence-electron chi connectivity index (χ1n) is 5.96. The van der Waals surface area contributed by atoms with Gasteiger partial charge in [0.2, 0.25) is 10.0 Å². The third-order valence-electron chi connectivity index (χ3n) is 2.74. The van der Waals surface area contributed by atoms with Crippen LogP contribution >= 0.6 is 27.3 Å². The Morgan fingerprint density at radius 3 is 2.62 bits per heavy atom. The van der Waals surface area contributed by atoms with E-state index in [0.29, 0.717) is 5.56 Å². The lowest BCUT2D eigenvalue weighted by atomic mass is 10.2. The molecule has 1 aromatic carbocycles. The fraction of sp³-hybridized carbons (Fsp3) is 0.154. The minimum absolute atomic E-state index is 0.0843. The minimum atomic E-state index is -3.70. The molecule has 1 unspecified atom stereocenters. The highest BCUT2D eigenvalue weighted by Crippen LogP contribution is 2.26. The number of benzene rings is 1. The Morgan fingerprint density at radius 2 is 2.05 bits per heavy atom. The van der Waals surface area contributed by atoms with Crippen LogP contribution in [0.5, 0.6) is 0 Å². The van der Waals surface area contributed by atoms with E-state index in [1.54, 1.807) is 31.2 Å². The van der Waals surface area contributed by atoms with E-state index in [9.17, 15) is 13.2 Å². The Kier molecular flexibility index (Phi) is 4.82. The van der Waals surface area contributed by atoms with Gasteiger partial charge in [0.05, 0.1) is 6.04 Å². The summed E-state index contributed by atoms with van der Waals surface area (Å²) in [6.45, 7) is 1.79. The lowest BCUT2D eigenvalue weighted by Crippen LogP contribution is -2.26. The maximum atomic E-state index is 12.1. The number of hydrogen-bond acceptors (Lipinski definition) is 4. The Bertz CT molecular complexity index is 771. The first-order valence-corrected chi connectivity index (χ1v) is 9.12. The van der Waals surface area contributed by atoms with Crippen LogP contribution in [-0.2, 0) is 10.0 Å². The normalized spacial score (nSPS) is 12.9. The average molecular weight is 389 g/mol. The lowest BCUT2D eigenvalue weighted by molar-refractivity contribution is 0.0940. The number of carbonyl (C=O) groups is 1. The molecule has 5 nitrogen and oxygen atoms in total. The monoisotopic (exact) mass is 388 g/mol. The Balaban J connectivity index is 2.13. The van der Waals surface area contributed by atoms with Crippen molar-refractivity contribution >= 4 is 43.2 Å². The van der Waals surface area contributed by atoms with Gasteiger partial charge in [-0.3, -0.25) is 4.79 Å². The zero-order valence-corrected chi connectivity index (χ0v) is 14.3. The fourth-order valence-corrected chi connectivity index (χ4v) is 3.85. The maximum Gasteiger partial charge on any atom is 0.251 e. The summed E-state index contributed by atoms with van der Waals surface area (Å²) in [6.07, 6.45) is 0. The van der Waals surface area contributed by atoms with E-state index >= 15 is 0 Å². The van der Waals surface area contributed by atoms with Gasteiger partial charge in [-0.25, -0.2) is 13.6 Å². The summed E-state index contributed by atoms with van der Waals surface area (Å²) in [6, 6.07) is 9.81. The third-order valence-corrected chi connectivity index (χ3v) is 5.94. The van der Waals surface area contributed by atoms with Gasteiger partial charge in [-0.1, -0.05) is 22.0 Å². The van der Waals surface area contributed by atoms with E-state index in [-0.39, 0.29) is 16.2 Å². The largest absolute Gasteiger partial charge is 0.345 e. The van der Waals surface area contributed by atoms with Crippen LogP contribution in [0.4, 0.5) is 0 Å². The van der Waals surface area contributed by atoms with Crippen molar-refractivity contribution in [3.8, 4) is 0 Å². The number of halogens is 1. The Labute approximate surface area is 135 Å². The average Bonchev–Trinajstić information content (AvgIpc) is 2.88. The molecule has 8 heteroatoms. The van der Waals surface area contributed by atoms with E-state index < -0.39 is 10.0 Å². The minimum Gasteiger partial charge on any atom is -0.345 e. The molecule has 0 radical (unpaired) electrons. The van der Waals surface area contributed by atoms with E-state index in [0.717, 1.165) is 20.7 Å². The van der Waals surface area contributed by atoms with Crippen LogP contribution in [0, 0.1) is 0 Å². The molecule has 3 N–H and O–H groups in total. The van der Waals surface area contributed by atoms with Gasteiger partial charge >= 0.3 is 0 Å². The first-order chi connectivity index (χ1) is 9.77. The van der Waals surface area contributed by atoms with Crippen molar-refractivity contribution in [2.45, 2.75) is 17.2 Å². The van der Waals surface area contributed by atoms with Gasteiger partial charge in [-0.05, 0) is 37.3 Å². The molecule has 0 bridgehead atoms. The molecule has 0 saturated heterocycles. The molecule has 2 rings (SSSR count). The summed E-state index contributed by atoms with van der Waals surface area (Å²) in [5.41, 5.74) is 0.527. The van der Waals surface area contributed by atoms with Crippen LogP contribution in [0.15, 0.2) is 45.1 Å². The van der Waals surface area contributed by atoms with E-state index in [1.165, 1.54) is 6.07 Å². The van der Waals surface area contributed by atoms with Crippen molar-refractivity contribution < 1.29 is 13.2 Å². The summed E-state index contributed by atoms with van der Waals surface area (Å²) < 4.78 is 23.4. The molecule has 0 aliphatic heterocycles. The topological polar surface area (TPSA) is 89.3 Å². The van der Waals surface area contributed by atoms with Crippen molar-refractivity contribution in [3.05, 3.63) is 51.3 Å². The molecule has 0 aliphatic rings.